The van der Waals surface area contributed by atoms with E-state index in [1.807, 2.05) is 36.6 Å². The van der Waals surface area contributed by atoms with Crippen LogP contribution in [0.3, 0.4) is 0 Å². The number of rotatable bonds is 6. The summed E-state index contributed by atoms with van der Waals surface area (Å²) in [5.41, 5.74) is 8.19. The minimum absolute atomic E-state index is 0.000742. The first-order valence-corrected chi connectivity index (χ1v) is 10.7. The van der Waals surface area contributed by atoms with Gasteiger partial charge in [-0.3, -0.25) is 9.36 Å². The molecule has 1 unspecified atom stereocenters. The van der Waals surface area contributed by atoms with Gasteiger partial charge in [0.25, 0.3) is 11.4 Å². The summed E-state index contributed by atoms with van der Waals surface area (Å²) < 4.78 is 7.17. The number of nitrogens with zero attached hydrogens (tertiary/aromatic N) is 6. The van der Waals surface area contributed by atoms with Crippen molar-refractivity contribution in [3.63, 3.8) is 0 Å². The summed E-state index contributed by atoms with van der Waals surface area (Å²) in [6.45, 7) is 5.70. The summed E-state index contributed by atoms with van der Waals surface area (Å²) in [7, 11) is 0. The summed E-state index contributed by atoms with van der Waals surface area (Å²) in [4.78, 5) is 31.2. The maximum Gasteiger partial charge on any atom is 0.265 e. The van der Waals surface area contributed by atoms with Crippen molar-refractivity contribution >= 4 is 22.5 Å². The van der Waals surface area contributed by atoms with Crippen molar-refractivity contribution in [1.29, 1.82) is 0 Å². The van der Waals surface area contributed by atoms with Gasteiger partial charge in [-0.15, -0.1) is 0 Å². The Morgan fingerprint density at radius 2 is 2.06 bits per heavy atom. The minimum atomic E-state index is -0.287. The predicted octanol–water partition coefficient (Wildman–Crippen LogP) is 3.33. The number of hydrogen-bond donors (Lipinski definition) is 2. The summed E-state index contributed by atoms with van der Waals surface area (Å²) in [6.07, 6.45) is 3.98. The number of anilines is 2. The third-order valence-electron chi connectivity index (χ3n) is 5.73. The first kappa shape index (κ1) is 20.1. The van der Waals surface area contributed by atoms with Crippen molar-refractivity contribution < 1.29 is 4.52 Å². The van der Waals surface area contributed by atoms with Crippen LogP contribution in [0.2, 0.25) is 0 Å². The maximum absolute atomic E-state index is 13.5. The SMILES string of the molecule is CCC(Nc1ncnc(N)c1-c1nc(C)no1)c1nc2cccc(C)c2c(=O)n1C1CC1. The number of aryl methyl sites for hydroxylation is 2. The minimum Gasteiger partial charge on any atom is -0.383 e. The lowest BCUT2D eigenvalue weighted by Gasteiger charge is -2.23. The lowest BCUT2D eigenvalue weighted by atomic mass is 10.1. The Morgan fingerprint density at radius 1 is 1.25 bits per heavy atom. The monoisotopic (exact) mass is 432 g/mol. The lowest BCUT2D eigenvalue weighted by Crippen LogP contribution is -2.29. The molecule has 3 aromatic heterocycles. The quantitative estimate of drug-likeness (QED) is 0.470. The molecule has 0 radical (unpaired) electrons. The van der Waals surface area contributed by atoms with Crippen LogP contribution in [0.5, 0.6) is 0 Å². The average Bonchev–Trinajstić information content (AvgIpc) is 3.51. The Bertz CT molecular complexity index is 1370. The molecule has 0 bridgehead atoms. The zero-order valence-electron chi connectivity index (χ0n) is 18.2. The maximum atomic E-state index is 13.5. The van der Waals surface area contributed by atoms with Gasteiger partial charge in [0.2, 0.25) is 0 Å². The Kier molecular flexibility index (Phi) is 4.84. The fourth-order valence-corrected chi connectivity index (χ4v) is 3.99. The molecule has 1 aliphatic rings. The number of nitrogen functional groups attached to an aromatic ring is 1. The Morgan fingerprint density at radius 3 is 2.75 bits per heavy atom. The number of aromatic nitrogens is 6. The molecule has 4 aromatic rings. The number of nitrogens with one attached hydrogen (secondary N) is 1. The van der Waals surface area contributed by atoms with Crippen LogP contribution in [0.15, 0.2) is 33.8 Å². The Hall–Kier alpha value is -3.82. The van der Waals surface area contributed by atoms with Crippen LogP contribution in [-0.4, -0.2) is 29.7 Å². The van der Waals surface area contributed by atoms with E-state index in [0.29, 0.717) is 40.4 Å². The van der Waals surface area contributed by atoms with E-state index in [4.69, 9.17) is 15.2 Å². The fraction of sp³-hybridized carbons (Fsp3) is 0.364. The van der Waals surface area contributed by atoms with Gasteiger partial charge in [-0.05, 0) is 44.7 Å². The van der Waals surface area contributed by atoms with E-state index in [0.717, 1.165) is 18.4 Å². The van der Waals surface area contributed by atoms with Gasteiger partial charge < -0.3 is 15.6 Å². The van der Waals surface area contributed by atoms with E-state index >= 15 is 0 Å². The van der Waals surface area contributed by atoms with Gasteiger partial charge in [0.1, 0.15) is 29.4 Å². The zero-order valence-corrected chi connectivity index (χ0v) is 18.2. The Balaban J connectivity index is 1.64. The fourth-order valence-electron chi connectivity index (χ4n) is 3.99. The molecule has 164 valence electrons. The summed E-state index contributed by atoms with van der Waals surface area (Å²) in [5.74, 6) is 2.08. The molecule has 1 aromatic carbocycles. The largest absolute Gasteiger partial charge is 0.383 e. The average molecular weight is 432 g/mol. The van der Waals surface area contributed by atoms with Crippen LogP contribution < -0.4 is 16.6 Å². The second-order valence-corrected chi connectivity index (χ2v) is 8.08. The van der Waals surface area contributed by atoms with Crippen molar-refractivity contribution in [2.45, 2.75) is 52.1 Å². The smallest absolute Gasteiger partial charge is 0.265 e. The van der Waals surface area contributed by atoms with Crippen LogP contribution in [-0.2, 0) is 0 Å². The van der Waals surface area contributed by atoms with E-state index in [1.165, 1.54) is 6.33 Å². The normalized spacial score (nSPS) is 14.6. The first-order valence-electron chi connectivity index (χ1n) is 10.7. The third-order valence-corrected chi connectivity index (χ3v) is 5.73. The highest BCUT2D eigenvalue weighted by Gasteiger charge is 2.32. The highest BCUT2D eigenvalue weighted by molar-refractivity contribution is 5.81. The van der Waals surface area contributed by atoms with Gasteiger partial charge in [0.15, 0.2) is 5.82 Å². The van der Waals surface area contributed by atoms with Crippen molar-refractivity contribution in [2.24, 2.45) is 0 Å². The highest BCUT2D eigenvalue weighted by Crippen LogP contribution is 2.38. The molecule has 1 aliphatic carbocycles. The summed E-state index contributed by atoms with van der Waals surface area (Å²) in [6, 6.07) is 5.63. The van der Waals surface area contributed by atoms with Crippen molar-refractivity contribution in [3.8, 4) is 11.5 Å². The highest BCUT2D eigenvalue weighted by atomic mass is 16.5. The third kappa shape index (κ3) is 3.37. The molecule has 0 spiro atoms. The first-order chi connectivity index (χ1) is 15.5. The molecule has 10 heteroatoms. The van der Waals surface area contributed by atoms with Gasteiger partial charge in [0, 0.05) is 6.04 Å². The van der Waals surface area contributed by atoms with E-state index in [2.05, 4.69) is 25.4 Å². The molecule has 10 nitrogen and oxygen atoms in total. The van der Waals surface area contributed by atoms with E-state index < -0.39 is 0 Å². The molecule has 32 heavy (non-hydrogen) atoms. The lowest BCUT2D eigenvalue weighted by molar-refractivity contribution is 0.425. The molecular weight excluding hydrogens is 408 g/mol. The molecule has 1 saturated carbocycles. The van der Waals surface area contributed by atoms with Crippen LogP contribution in [0, 0.1) is 13.8 Å². The van der Waals surface area contributed by atoms with Crippen molar-refractivity contribution in [2.75, 3.05) is 11.1 Å². The van der Waals surface area contributed by atoms with Gasteiger partial charge in [-0.1, -0.05) is 24.2 Å². The Labute approximate surface area is 183 Å². The van der Waals surface area contributed by atoms with Crippen LogP contribution in [0.1, 0.15) is 55.5 Å². The van der Waals surface area contributed by atoms with Crippen molar-refractivity contribution in [1.82, 2.24) is 29.7 Å². The molecule has 5 rings (SSSR count). The van der Waals surface area contributed by atoms with E-state index in [1.54, 1.807) is 6.92 Å². The van der Waals surface area contributed by atoms with Crippen molar-refractivity contribution in [3.05, 3.63) is 52.1 Å². The second-order valence-electron chi connectivity index (χ2n) is 8.08. The zero-order chi connectivity index (χ0) is 22.4. The van der Waals surface area contributed by atoms with E-state index in [-0.39, 0.29) is 29.4 Å². The molecule has 3 heterocycles. The standard InChI is InChI=1S/C22H24N8O2/c1-4-14(27-19-17(18(23)24-10-25-19)21-26-12(3)29-32-21)20-28-15-7-5-6-11(2)16(15)22(31)30(20)13-8-9-13/h5-7,10,13-14H,4,8-9H2,1-3H3,(H3,23,24,25,27). The van der Waals surface area contributed by atoms with Crippen LogP contribution in [0.25, 0.3) is 22.4 Å². The van der Waals surface area contributed by atoms with E-state index in [9.17, 15) is 4.79 Å². The molecule has 0 aliphatic heterocycles. The predicted molar refractivity (Wildman–Crippen MR) is 120 cm³/mol. The molecule has 1 atom stereocenters. The van der Waals surface area contributed by atoms with Crippen LogP contribution in [0.4, 0.5) is 11.6 Å². The van der Waals surface area contributed by atoms with Gasteiger partial charge in [-0.25, -0.2) is 15.0 Å². The topological polar surface area (TPSA) is 138 Å². The second kappa shape index (κ2) is 7.70. The van der Waals surface area contributed by atoms with Gasteiger partial charge >= 0.3 is 0 Å². The molecule has 0 amide bonds. The number of benzene rings is 1. The summed E-state index contributed by atoms with van der Waals surface area (Å²) >= 11 is 0. The number of fused-ring (bicyclic) bond motifs is 1. The molecule has 1 fully saturated rings. The molecular formula is C22H24N8O2. The molecule has 3 N–H and O–H groups in total. The van der Waals surface area contributed by atoms with Crippen LogP contribution >= 0.6 is 0 Å². The van der Waals surface area contributed by atoms with Gasteiger partial charge in [0.05, 0.1) is 16.9 Å². The number of hydrogen-bond acceptors (Lipinski definition) is 9. The molecule has 0 saturated heterocycles. The summed E-state index contributed by atoms with van der Waals surface area (Å²) in [5, 5.41) is 7.93. The number of nitrogens with two attached hydrogens (primary N) is 1. The van der Waals surface area contributed by atoms with Gasteiger partial charge in [-0.2, -0.15) is 4.98 Å².